The van der Waals surface area contributed by atoms with Gasteiger partial charge in [-0.2, -0.15) is 10.2 Å². The molecule has 3 aromatic heterocycles. The Kier molecular flexibility index (Phi) is 5.99. The van der Waals surface area contributed by atoms with Crippen LogP contribution in [0.25, 0.3) is 5.65 Å². The predicted molar refractivity (Wildman–Crippen MR) is 121 cm³/mol. The Morgan fingerprint density at radius 3 is 2.64 bits per heavy atom. The molecular weight excluding hydrogens is 428 g/mol. The van der Waals surface area contributed by atoms with Crippen LogP contribution in [0.1, 0.15) is 80.4 Å². The van der Waals surface area contributed by atoms with E-state index in [1.54, 1.807) is 16.9 Å². The van der Waals surface area contributed by atoms with Crippen molar-refractivity contribution in [2.24, 2.45) is 11.8 Å². The molecule has 0 aromatic carbocycles. The quantitative estimate of drug-likeness (QED) is 0.492. The summed E-state index contributed by atoms with van der Waals surface area (Å²) >= 11 is 0. The third-order valence-electron chi connectivity index (χ3n) is 6.87. The Bertz CT molecular complexity index is 1130. The van der Waals surface area contributed by atoms with E-state index in [0.717, 1.165) is 38.6 Å². The number of amides is 1. The second-order valence-corrected chi connectivity index (χ2v) is 9.21. The number of alkyl halides is 2. The molecule has 10 heteroatoms. The van der Waals surface area contributed by atoms with Gasteiger partial charge in [0.1, 0.15) is 11.4 Å². The van der Waals surface area contributed by atoms with Gasteiger partial charge >= 0.3 is 0 Å². The second kappa shape index (κ2) is 9.07. The minimum atomic E-state index is -2.78. The van der Waals surface area contributed by atoms with Crippen LogP contribution in [0.5, 0.6) is 0 Å². The number of nitrogens with one attached hydrogen (secondary N) is 2. The zero-order valence-electron chi connectivity index (χ0n) is 18.7. The summed E-state index contributed by atoms with van der Waals surface area (Å²) in [7, 11) is 0. The fourth-order valence-electron chi connectivity index (χ4n) is 4.56. The highest BCUT2D eigenvalue weighted by atomic mass is 19.3. The topological polar surface area (TPSA) is 89.1 Å². The molecule has 33 heavy (non-hydrogen) atoms. The summed E-state index contributed by atoms with van der Waals surface area (Å²) in [4.78, 5) is 17.5. The molecule has 2 aliphatic rings. The molecule has 3 heterocycles. The van der Waals surface area contributed by atoms with E-state index >= 15 is 0 Å². The lowest BCUT2D eigenvalue weighted by Gasteiger charge is -2.27. The Morgan fingerprint density at radius 2 is 1.94 bits per heavy atom. The maximum Gasteiger partial charge on any atom is 0.284 e. The van der Waals surface area contributed by atoms with Gasteiger partial charge in [-0.25, -0.2) is 18.3 Å². The largest absolute Gasteiger partial charge is 0.370 e. The van der Waals surface area contributed by atoms with Gasteiger partial charge in [0, 0.05) is 18.9 Å². The number of aromatic nitrogens is 5. The summed E-state index contributed by atoms with van der Waals surface area (Å²) in [5.41, 5.74) is 0.228. The lowest BCUT2D eigenvalue weighted by atomic mass is 9.85. The summed E-state index contributed by atoms with van der Waals surface area (Å²) in [5, 5.41) is 14.2. The molecule has 0 atom stereocenters. The highest BCUT2D eigenvalue weighted by molar-refractivity contribution is 6.08. The molecule has 5 rings (SSSR count). The molecule has 0 bridgehead atoms. The molecule has 0 aliphatic heterocycles. The number of carbonyl (C=O) groups excluding carboxylic acids is 1. The molecule has 0 spiro atoms. The van der Waals surface area contributed by atoms with Crippen LogP contribution >= 0.6 is 0 Å². The third kappa shape index (κ3) is 4.69. The van der Waals surface area contributed by atoms with Crippen molar-refractivity contribution in [3.05, 3.63) is 35.9 Å². The van der Waals surface area contributed by atoms with Crippen LogP contribution in [0, 0.1) is 11.8 Å². The van der Waals surface area contributed by atoms with E-state index in [9.17, 15) is 13.6 Å². The molecule has 8 nitrogen and oxygen atoms in total. The van der Waals surface area contributed by atoms with Crippen LogP contribution in [-0.4, -0.2) is 36.8 Å². The summed E-state index contributed by atoms with van der Waals surface area (Å²) in [6.45, 7) is 3.03. The molecule has 176 valence electrons. The molecule has 2 aliphatic carbocycles. The smallest absolute Gasteiger partial charge is 0.284 e. The Morgan fingerprint density at radius 1 is 1.18 bits per heavy atom. The molecule has 2 fully saturated rings. The normalized spacial score (nSPS) is 21.0. The van der Waals surface area contributed by atoms with Crippen molar-refractivity contribution in [2.75, 3.05) is 17.2 Å². The molecule has 2 saturated carbocycles. The van der Waals surface area contributed by atoms with Gasteiger partial charge in [-0.15, -0.1) is 0 Å². The van der Waals surface area contributed by atoms with E-state index in [-0.39, 0.29) is 17.3 Å². The van der Waals surface area contributed by atoms with E-state index in [2.05, 4.69) is 32.7 Å². The summed E-state index contributed by atoms with van der Waals surface area (Å²) in [5.74, 6) is 1.50. The average molecular weight is 458 g/mol. The predicted octanol–water partition coefficient (Wildman–Crippen LogP) is 5.08. The zero-order chi connectivity index (χ0) is 22.9. The fraction of sp³-hybridized carbons (Fsp3) is 0.565. The summed E-state index contributed by atoms with van der Waals surface area (Å²) < 4.78 is 30.5. The standard InChI is InChI=1S/C23H29F2N7O/c1-2-14-5-7-16(8-6-14)32-13-18(20(30-32)21(24)25)28-23(33)17-12-27-31-10-9-19(29-22(17)31)26-11-15-3-4-15/h9-10,12-16,21H,2-8,11H2,1H3,(H,26,29)(H,28,33)/t14-,16-. The van der Waals surface area contributed by atoms with Crippen molar-refractivity contribution in [3.8, 4) is 0 Å². The first-order valence-corrected chi connectivity index (χ1v) is 11.8. The number of rotatable bonds is 8. The maximum atomic E-state index is 13.7. The fourth-order valence-corrected chi connectivity index (χ4v) is 4.56. The molecule has 0 saturated heterocycles. The number of nitrogens with zero attached hydrogens (tertiary/aromatic N) is 5. The molecule has 0 radical (unpaired) electrons. The van der Waals surface area contributed by atoms with Crippen molar-refractivity contribution < 1.29 is 13.6 Å². The van der Waals surface area contributed by atoms with Crippen molar-refractivity contribution in [1.82, 2.24) is 24.4 Å². The number of hydrogen-bond acceptors (Lipinski definition) is 5. The van der Waals surface area contributed by atoms with Crippen molar-refractivity contribution in [1.29, 1.82) is 0 Å². The number of anilines is 2. The van der Waals surface area contributed by atoms with Gasteiger partial charge in [-0.1, -0.05) is 13.3 Å². The van der Waals surface area contributed by atoms with E-state index in [1.165, 1.54) is 29.8 Å². The number of hydrogen-bond donors (Lipinski definition) is 2. The molecule has 2 N–H and O–H groups in total. The van der Waals surface area contributed by atoms with Crippen molar-refractivity contribution in [2.45, 2.75) is 64.3 Å². The van der Waals surface area contributed by atoms with Gasteiger partial charge in [0.2, 0.25) is 0 Å². The zero-order valence-corrected chi connectivity index (χ0v) is 18.7. The van der Waals surface area contributed by atoms with Crippen molar-refractivity contribution in [3.63, 3.8) is 0 Å². The van der Waals surface area contributed by atoms with Gasteiger partial charge in [0.15, 0.2) is 11.3 Å². The lowest BCUT2D eigenvalue weighted by Crippen LogP contribution is -2.18. The van der Waals surface area contributed by atoms with Crippen LogP contribution in [0.4, 0.5) is 20.3 Å². The van der Waals surface area contributed by atoms with Gasteiger partial charge in [0.25, 0.3) is 12.3 Å². The van der Waals surface area contributed by atoms with E-state index < -0.39 is 18.0 Å². The van der Waals surface area contributed by atoms with Crippen LogP contribution in [-0.2, 0) is 0 Å². The SMILES string of the molecule is CC[C@H]1CC[C@H](n2cc(NC(=O)c3cnn4ccc(NCC5CC5)nc34)c(C(F)F)n2)CC1. The van der Waals surface area contributed by atoms with E-state index in [4.69, 9.17) is 0 Å². The van der Waals surface area contributed by atoms with Crippen LogP contribution in [0.3, 0.4) is 0 Å². The monoisotopic (exact) mass is 457 g/mol. The second-order valence-electron chi connectivity index (χ2n) is 9.21. The number of fused-ring (bicyclic) bond motifs is 1. The molecular formula is C23H29F2N7O. The number of halogens is 2. The highest BCUT2D eigenvalue weighted by Gasteiger charge is 2.27. The van der Waals surface area contributed by atoms with E-state index in [1.807, 2.05) is 0 Å². The van der Waals surface area contributed by atoms with Gasteiger partial charge in [-0.3, -0.25) is 9.48 Å². The Hall–Kier alpha value is -3.04. The molecule has 3 aromatic rings. The maximum absolute atomic E-state index is 13.7. The first-order chi connectivity index (χ1) is 16.0. The number of carbonyl (C=O) groups is 1. The minimum absolute atomic E-state index is 0.0370. The third-order valence-corrected chi connectivity index (χ3v) is 6.87. The van der Waals surface area contributed by atoms with Crippen LogP contribution in [0.15, 0.2) is 24.7 Å². The Labute approximate surface area is 190 Å². The van der Waals surface area contributed by atoms with E-state index in [0.29, 0.717) is 23.3 Å². The first kappa shape index (κ1) is 21.8. The molecule has 1 amide bonds. The van der Waals surface area contributed by atoms with Gasteiger partial charge in [-0.05, 0) is 56.4 Å². The highest BCUT2D eigenvalue weighted by Crippen LogP contribution is 2.36. The van der Waals surface area contributed by atoms with Gasteiger partial charge < -0.3 is 10.6 Å². The minimum Gasteiger partial charge on any atom is -0.370 e. The van der Waals surface area contributed by atoms with Crippen molar-refractivity contribution >= 4 is 23.1 Å². The van der Waals surface area contributed by atoms with Gasteiger partial charge in [0.05, 0.1) is 17.9 Å². The summed E-state index contributed by atoms with van der Waals surface area (Å²) in [6, 6.07) is 1.88. The molecule has 0 unspecified atom stereocenters. The van der Waals surface area contributed by atoms with Crippen LogP contribution in [0.2, 0.25) is 0 Å². The van der Waals surface area contributed by atoms with Crippen LogP contribution < -0.4 is 10.6 Å². The average Bonchev–Trinajstić information content (AvgIpc) is 3.41. The first-order valence-electron chi connectivity index (χ1n) is 11.8. The lowest BCUT2D eigenvalue weighted by molar-refractivity contribution is 0.102. The summed E-state index contributed by atoms with van der Waals surface area (Å²) in [6.07, 6.45) is 9.41. The Balaban J connectivity index is 1.35.